The molecule has 1 aromatic rings. The summed E-state index contributed by atoms with van der Waals surface area (Å²) >= 11 is 0. The molecule has 0 unspecified atom stereocenters. The van der Waals surface area contributed by atoms with E-state index in [2.05, 4.69) is 4.98 Å². The topological polar surface area (TPSA) is 91.3 Å². The summed E-state index contributed by atoms with van der Waals surface area (Å²) in [4.78, 5) is 5.22. The lowest BCUT2D eigenvalue weighted by molar-refractivity contribution is 0.148. The first-order chi connectivity index (χ1) is 5.67. The Morgan fingerprint density at radius 3 is 2.67 bits per heavy atom. The molecular formula is C5H7N3O3S. The van der Waals surface area contributed by atoms with E-state index < -0.39 is 10.0 Å². The number of hydrogen-bond donors (Lipinski definition) is 3. The van der Waals surface area contributed by atoms with E-state index in [1.807, 2.05) is 0 Å². The Bertz CT molecular complexity index is 336. The van der Waals surface area contributed by atoms with Gasteiger partial charge < -0.3 is 5.21 Å². The van der Waals surface area contributed by atoms with Gasteiger partial charge in [0, 0.05) is 6.20 Å². The van der Waals surface area contributed by atoms with Crippen molar-refractivity contribution in [3.8, 4) is 0 Å². The molecule has 0 fully saturated rings. The fraction of sp³-hybridized carbons (Fsp3) is 0. The molecule has 0 aromatic carbocycles. The van der Waals surface area contributed by atoms with Crippen molar-refractivity contribution in [3.05, 3.63) is 24.4 Å². The fourth-order valence-electron chi connectivity index (χ4n) is 0.618. The summed E-state index contributed by atoms with van der Waals surface area (Å²) in [6.07, 6.45) is 1.34. The van der Waals surface area contributed by atoms with Gasteiger partial charge in [0.1, 0.15) is 0 Å². The average molecular weight is 189 g/mol. The summed E-state index contributed by atoms with van der Waals surface area (Å²) in [5, 5.41) is 7.93. The average Bonchev–Trinajstić information content (AvgIpc) is 2.06. The van der Waals surface area contributed by atoms with Gasteiger partial charge in [-0.25, -0.2) is 13.4 Å². The zero-order valence-corrected chi connectivity index (χ0v) is 6.75. The third-order valence-electron chi connectivity index (χ3n) is 1.09. The Labute approximate surface area is 69.2 Å². The Balaban J connectivity index is 2.99. The minimum absolute atomic E-state index is 0.161. The van der Waals surface area contributed by atoms with Crippen molar-refractivity contribution in [2.45, 2.75) is 5.03 Å². The number of hydrazine groups is 1. The van der Waals surface area contributed by atoms with E-state index in [0.717, 1.165) is 0 Å². The molecule has 0 radical (unpaired) electrons. The highest BCUT2D eigenvalue weighted by Gasteiger charge is 2.12. The van der Waals surface area contributed by atoms with Crippen LogP contribution in [0.5, 0.6) is 0 Å². The predicted molar refractivity (Wildman–Crippen MR) is 39.5 cm³/mol. The highest BCUT2D eigenvalue weighted by molar-refractivity contribution is 7.89. The molecule has 0 aliphatic carbocycles. The fourth-order valence-corrected chi connectivity index (χ4v) is 1.30. The van der Waals surface area contributed by atoms with Crippen molar-refractivity contribution in [1.29, 1.82) is 0 Å². The van der Waals surface area contributed by atoms with Crippen LogP contribution in [0.1, 0.15) is 0 Å². The second-order valence-corrected chi connectivity index (χ2v) is 3.51. The van der Waals surface area contributed by atoms with Crippen molar-refractivity contribution in [1.82, 2.24) is 15.4 Å². The van der Waals surface area contributed by atoms with Crippen molar-refractivity contribution in [3.63, 3.8) is 0 Å². The van der Waals surface area contributed by atoms with Crippen LogP contribution in [0.4, 0.5) is 0 Å². The van der Waals surface area contributed by atoms with E-state index in [4.69, 9.17) is 5.21 Å². The lowest BCUT2D eigenvalue weighted by Gasteiger charge is -2.01. The summed E-state index contributed by atoms with van der Waals surface area (Å²) in [5.41, 5.74) is 1.33. The summed E-state index contributed by atoms with van der Waals surface area (Å²) in [6.45, 7) is 0. The zero-order valence-electron chi connectivity index (χ0n) is 5.93. The highest BCUT2D eigenvalue weighted by Crippen LogP contribution is 2.00. The van der Waals surface area contributed by atoms with Crippen LogP contribution in [0.3, 0.4) is 0 Å². The number of nitrogens with zero attached hydrogens (tertiary/aromatic N) is 1. The first-order valence-electron chi connectivity index (χ1n) is 2.99. The van der Waals surface area contributed by atoms with E-state index in [9.17, 15) is 8.42 Å². The molecular weight excluding hydrogens is 182 g/mol. The van der Waals surface area contributed by atoms with E-state index in [1.165, 1.54) is 23.9 Å². The molecule has 1 rings (SSSR count). The van der Waals surface area contributed by atoms with Gasteiger partial charge in [-0.1, -0.05) is 6.07 Å². The molecule has 1 aromatic heterocycles. The number of hydrogen-bond acceptors (Lipinski definition) is 5. The van der Waals surface area contributed by atoms with Crippen molar-refractivity contribution in [2.24, 2.45) is 0 Å². The normalized spacial score (nSPS) is 11.4. The van der Waals surface area contributed by atoms with Gasteiger partial charge in [0.05, 0.1) is 0 Å². The molecule has 66 valence electrons. The summed E-state index contributed by atoms with van der Waals surface area (Å²) in [5.74, 6) is 0. The summed E-state index contributed by atoms with van der Waals surface area (Å²) < 4.78 is 22.1. The number of aromatic nitrogens is 1. The van der Waals surface area contributed by atoms with Crippen LogP contribution in [0.2, 0.25) is 0 Å². The molecule has 0 bridgehead atoms. The predicted octanol–water partition coefficient (Wildman–Crippen LogP) is -0.746. The molecule has 0 atom stereocenters. The Morgan fingerprint density at radius 1 is 1.42 bits per heavy atom. The van der Waals surface area contributed by atoms with E-state index in [0.29, 0.717) is 0 Å². The van der Waals surface area contributed by atoms with Gasteiger partial charge in [0.2, 0.25) is 0 Å². The molecule has 1 heterocycles. The van der Waals surface area contributed by atoms with Crippen LogP contribution in [0, 0.1) is 0 Å². The van der Waals surface area contributed by atoms with Crippen LogP contribution in [-0.4, -0.2) is 18.6 Å². The number of rotatable bonds is 3. The molecule has 0 saturated heterocycles. The van der Waals surface area contributed by atoms with Crippen LogP contribution in [0.25, 0.3) is 0 Å². The first-order valence-corrected chi connectivity index (χ1v) is 4.47. The molecule has 0 aliphatic rings. The molecule has 0 spiro atoms. The highest BCUT2D eigenvalue weighted by atomic mass is 32.2. The molecule has 0 aliphatic heterocycles. The quantitative estimate of drug-likeness (QED) is 0.544. The van der Waals surface area contributed by atoms with E-state index >= 15 is 0 Å². The molecule has 3 N–H and O–H groups in total. The Kier molecular flexibility index (Phi) is 2.71. The number of nitrogens with one attached hydrogen (secondary N) is 2. The molecule has 7 heteroatoms. The maximum Gasteiger partial charge on any atom is 0.272 e. The van der Waals surface area contributed by atoms with E-state index in [-0.39, 0.29) is 5.03 Å². The smallest absolute Gasteiger partial charge is 0.272 e. The van der Waals surface area contributed by atoms with Gasteiger partial charge in [-0.05, 0) is 12.1 Å². The summed E-state index contributed by atoms with van der Waals surface area (Å²) in [7, 11) is -3.73. The van der Waals surface area contributed by atoms with Gasteiger partial charge in [0.25, 0.3) is 10.0 Å². The third-order valence-corrected chi connectivity index (χ3v) is 2.25. The maximum absolute atomic E-state index is 11.0. The van der Waals surface area contributed by atoms with Gasteiger partial charge in [-0.15, -0.1) is 10.4 Å². The second kappa shape index (κ2) is 3.59. The molecule has 12 heavy (non-hydrogen) atoms. The van der Waals surface area contributed by atoms with Crippen molar-refractivity contribution in [2.75, 3.05) is 0 Å². The monoisotopic (exact) mass is 189 g/mol. The number of pyridine rings is 1. The van der Waals surface area contributed by atoms with Crippen molar-refractivity contribution >= 4 is 10.0 Å². The lowest BCUT2D eigenvalue weighted by atomic mass is 10.5. The van der Waals surface area contributed by atoms with E-state index in [1.54, 1.807) is 10.9 Å². The van der Waals surface area contributed by atoms with Crippen LogP contribution in [-0.2, 0) is 10.0 Å². The zero-order chi connectivity index (χ0) is 9.03. The standard InChI is InChI=1S/C5H7N3O3S/c9-7-8-12(10,11)5-3-1-2-4-6-5/h1-4,7-9H. The minimum Gasteiger partial charge on any atom is -0.301 e. The van der Waals surface area contributed by atoms with Gasteiger partial charge in [-0.3, -0.25) is 0 Å². The third kappa shape index (κ3) is 1.98. The molecule has 0 amide bonds. The first kappa shape index (κ1) is 9.07. The largest absolute Gasteiger partial charge is 0.301 e. The van der Waals surface area contributed by atoms with Crippen LogP contribution in [0.15, 0.2) is 29.4 Å². The lowest BCUT2D eigenvalue weighted by Crippen LogP contribution is -2.35. The SMILES string of the molecule is O=S(=O)(NNO)c1ccccn1. The molecule has 0 saturated carbocycles. The number of sulfonamides is 1. The summed E-state index contributed by atoms with van der Waals surface area (Å²) in [6, 6.07) is 4.42. The minimum atomic E-state index is -3.73. The van der Waals surface area contributed by atoms with Gasteiger partial charge in [0.15, 0.2) is 5.03 Å². The van der Waals surface area contributed by atoms with Gasteiger partial charge >= 0.3 is 0 Å². The second-order valence-electron chi connectivity index (χ2n) is 1.89. The van der Waals surface area contributed by atoms with Gasteiger partial charge in [-0.2, -0.15) is 0 Å². The van der Waals surface area contributed by atoms with Crippen molar-refractivity contribution < 1.29 is 13.6 Å². The molecule has 6 nitrogen and oxygen atoms in total. The Hall–Kier alpha value is -1.02. The van der Waals surface area contributed by atoms with Crippen LogP contribution >= 0.6 is 0 Å². The van der Waals surface area contributed by atoms with Crippen LogP contribution < -0.4 is 10.4 Å². The maximum atomic E-state index is 11.0. The Morgan fingerprint density at radius 2 is 2.17 bits per heavy atom.